The van der Waals surface area contributed by atoms with Crippen LogP contribution in [-0.4, -0.2) is 10.5 Å². The van der Waals surface area contributed by atoms with Crippen molar-refractivity contribution in [2.45, 2.75) is 25.4 Å². The van der Waals surface area contributed by atoms with Crippen molar-refractivity contribution in [2.75, 3.05) is 0 Å². The Labute approximate surface area is 147 Å². The molecular weight excluding hydrogens is 308 g/mol. The summed E-state index contributed by atoms with van der Waals surface area (Å²) in [7, 11) is 0.644. The molecule has 0 aliphatic carbocycles. The number of benzene rings is 3. The Morgan fingerprint density at radius 1 is 0.708 bits per heavy atom. The Bertz CT molecular complexity index is 742. The topological polar surface area (TPSA) is 9.23 Å². The third-order valence-electron chi connectivity index (χ3n) is 4.63. The molecule has 0 saturated carbocycles. The summed E-state index contributed by atoms with van der Waals surface area (Å²) in [6, 6.07) is 29.8. The highest BCUT2D eigenvalue weighted by Gasteiger charge is 2.37. The fourth-order valence-electron chi connectivity index (χ4n) is 3.49. The van der Waals surface area contributed by atoms with E-state index in [4.69, 9.17) is 4.43 Å². The zero-order valence-electron chi connectivity index (χ0n) is 14.6. The molecule has 0 unspecified atom stereocenters. The van der Waals surface area contributed by atoms with E-state index in [2.05, 4.69) is 98.8 Å². The highest BCUT2D eigenvalue weighted by Crippen LogP contribution is 2.42. The van der Waals surface area contributed by atoms with Crippen molar-refractivity contribution in [1.82, 2.24) is 0 Å². The minimum absolute atomic E-state index is 0.435. The second kappa shape index (κ2) is 7.16. The van der Waals surface area contributed by atoms with Gasteiger partial charge in [-0.05, 0) is 28.2 Å². The molecule has 0 spiro atoms. The molecule has 0 atom stereocenters. The van der Waals surface area contributed by atoms with Crippen LogP contribution in [0.25, 0.3) is 0 Å². The third kappa shape index (κ3) is 2.83. The predicted molar refractivity (Wildman–Crippen MR) is 104 cm³/mol. The summed E-state index contributed by atoms with van der Waals surface area (Å²) in [6.45, 7) is 4.49. The average Bonchev–Trinajstić information content (AvgIpc) is 2.65. The molecule has 0 fully saturated rings. The highest BCUT2D eigenvalue weighted by atomic mass is 28.2. The van der Waals surface area contributed by atoms with Gasteiger partial charge in [-0.25, -0.2) is 0 Å². The van der Waals surface area contributed by atoms with Crippen molar-refractivity contribution < 1.29 is 4.43 Å². The fraction of sp³-hybridized carbons (Fsp3) is 0.182. The average molecular weight is 333 g/mol. The first-order valence-corrected chi connectivity index (χ1v) is 9.27. The van der Waals surface area contributed by atoms with Crippen LogP contribution >= 0.6 is 0 Å². The van der Waals surface area contributed by atoms with Crippen molar-refractivity contribution in [3.8, 4) is 0 Å². The van der Waals surface area contributed by atoms with E-state index >= 15 is 0 Å². The summed E-state index contributed by atoms with van der Waals surface area (Å²) in [4.78, 5) is 0. The number of rotatable bonds is 5. The predicted octanol–water partition coefficient (Wildman–Crippen LogP) is 4.40. The van der Waals surface area contributed by atoms with Gasteiger partial charge in [-0.1, -0.05) is 98.8 Å². The Balaban J connectivity index is 2.36. The summed E-state index contributed by atoms with van der Waals surface area (Å²) < 4.78 is 6.43. The van der Waals surface area contributed by atoms with Crippen LogP contribution in [0.1, 0.15) is 42.0 Å². The van der Waals surface area contributed by atoms with Gasteiger partial charge >= 0.3 is 0 Å². The van der Waals surface area contributed by atoms with Gasteiger partial charge in [0.25, 0.3) is 0 Å². The lowest BCUT2D eigenvalue weighted by molar-refractivity contribution is 0.172. The molecule has 3 aromatic rings. The summed E-state index contributed by atoms with van der Waals surface area (Å²) >= 11 is 0. The van der Waals surface area contributed by atoms with Crippen molar-refractivity contribution in [3.63, 3.8) is 0 Å². The Morgan fingerprint density at radius 3 is 1.62 bits per heavy atom. The van der Waals surface area contributed by atoms with Crippen molar-refractivity contribution in [1.29, 1.82) is 0 Å². The SMILES string of the molecule is CC(C)c1ccccc1C(O[SiH3])(c1ccccc1)c1ccccc1. The first-order valence-electron chi connectivity index (χ1n) is 8.45. The lowest BCUT2D eigenvalue weighted by atomic mass is 9.76. The lowest BCUT2D eigenvalue weighted by Gasteiger charge is -2.37. The van der Waals surface area contributed by atoms with Crippen molar-refractivity contribution in [3.05, 3.63) is 107 Å². The van der Waals surface area contributed by atoms with Crippen LogP contribution in [0.5, 0.6) is 0 Å². The summed E-state index contributed by atoms with van der Waals surface area (Å²) in [6.07, 6.45) is 0. The van der Waals surface area contributed by atoms with Crippen LogP contribution in [0.15, 0.2) is 84.9 Å². The van der Waals surface area contributed by atoms with E-state index in [-0.39, 0.29) is 0 Å². The van der Waals surface area contributed by atoms with Crippen molar-refractivity contribution >= 4 is 10.5 Å². The zero-order valence-corrected chi connectivity index (χ0v) is 16.6. The van der Waals surface area contributed by atoms with Gasteiger partial charge in [0.2, 0.25) is 0 Å². The molecule has 3 rings (SSSR count). The quantitative estimate of drug-likeness (QED) is 0.497. The molecule has 0 aliphatic rings. The monoisotopic (exact) mass is 332 g/mol. The molecule has 0 bridgehead atoms. The molecule has 0 aromatic heterocycles. The van der Waals surface area contributed by atoms with Crippen LogP contribution in [0, 0.1) is 0 Å². The minimum Gasteiger partial charge on any atom is -0.411 e. The molecule has 122 valence electrons. The van der Waals surface area contributed by atoms with E-state index in [1.54, 1.807) is 0 Å². The van der Waals surface area contributed by atoms with Gasteiger partial charge in [0.15, 0.2) is 0 Å². The minimum atomic E-state index is -0.546. The molecule has 0 saturated heterocycles. The van der Waals surface area contributed by atoms with Crippen LogP contribution in [0.4, 0.5) is 0 Å². The van der Waals surface area contributed by atoms with E-state index in [1.807, 2.05) is 0 Å². The maximum Gasteiger partial charge on any atom is 0.148 e. The molecule has 0 radical (unpaired) electrons. The first kappa shape index (κ1) is 16.7. The normalized spacial score (nSPS) is 11.8. The Morgan fingerprint density at radius 2 is 1.17 bits per heavy atom. The van der Waals surface area contributed by atoms with Gasteiger partial charge in [0.1, 0.15) is 16.1 Å². The molecule has 24 heavy (non-hydrogen) atoms. The van der Waals surface area contributed by atoms with Gasteiger partial charge < -0.3 is 4.43 Å². The van der Waals surface area contributed by atoms with Crippen molar-refractivity contribution in [2.24, 2.45) is 0 Å². The first-order chi connectivity index (χ1) is 11.7. The molecule has 0 heterocycles. The van der Waals surface area contributed by atoms with E-state index in [0.717, 1.165) is 0 Å². The zero-order chi connectivity index (χ0) is 17.0. The van der Waals surface area contributed by atoms with E-state index < -0.39 is 5.60 Å². The van der Waals surface area contributed by atoms with Crippen LogP contribution < -0.4 is 0 Å². The molecule has 2 heteroatoms. The summed E-state index contributed by atoms with van der Waals surface area (Å²) in [5, 5.41) is 0. The third-order valence-corrected chi connectivity index (χ3v) is 5.24. The molecule has 0 aliphatic heterocycles. The highest BCUT2D eigenvalue weighted by molar-refractivity contribution is 5.99. The maximum absolute atomic E-state index is 6.43. The summed E-state index contributed by atoms with van der Waals surface area (Å²) in [5.41, 5.74) is 4.39. The second-order valence-electron chi connectivity index (χ2n) is 6.36. The van der Waals surface area contributed by atoms with E-state index in [0.29, 0.717) is 16.4 Å². The molecule has 3 aromatic carbocycles. The summed E-state index contributed by atoms with van der Waals surface area (Å²) in [5.74, 6) is 0.435. The molecule has 0 N–H and O–H groups in total. The van der Waals surface area contributed by atoms with E-state index in [1.165, 1.54) is 22.3 Å². The Hall–Kier alpha value is -2.16. The van der Waals surface area contributed by atoms with Gasteiger partial charge in [0.05, 0.1) is 0 Å². The fourth-order valence-corrected chi connectivity index (χ4v) is 4.18. The molecule has 1 nitrogen and oxygen atoms in total. The van der Waals surface area contributed by atoms with Gasteiger partial charge in [0, 0.05) is 0 Å². The Kier molecular flexibility index (Phi) is 4.98. The van der Waals surface area contributed by atoms with Crippen LogP contribution in [0.3, 0.4) is 0 Å². The maximum atomic E-state index is 6.43. The lowest BCUT2D eigenvalue weighted by Crippen LogP contribution is -2.33. The van der Waals surface area contributed by atoms with E-state index in [9.17, 15) is 0 Å². The standard InChI is InChI=1S/C22H24OSi/c1-17(2)20-15-9-10-16-21(20)22(23-24,18-11-5-3-6-12-18)19-13-7-4-8-14-19/h3-17H,1-2,24H3. The van der Waals surface area contributed by atoms with Crippen LogP contribution in [-0.2, 0) is 10.0 Å². The smallest absolute Gasteiger partial charge is 0.148 e. The van der Waals surface area contributed by atoms with Gasteiger partial charge in [-0.2, -0.15) is 0 Å². The molecule has 0 amide bonds. The van der Waals surface area contributed by atoms with Gasteiger partial charge in [-0.3, -0.25) is 0 Å². The van der Waals surface area contributed by atoms with Gasteiger partial charge in [-0.15, -0.1) is 0 Å². The van der Waals surface area contributed by atoms with Crippen LogP contribution in [0.2, 0.25) is 0 Å². The molecular formula is C22H24OSi. The largest absolute Gasteiger partial charge is 0.411 e. The number of hydrogen-bond donors (Lipinski definition) is 0. The second-order valence-corrected chi connectivity index (χ2v) is 6.77. The number of hydrogen-bond acceptors (Lipinski definition) is 1.